The Morgan fingerprint density at radius 3 is 2.74 bits per heavy atom. The molecule has 5 nitrogen and oxygen atoms in total. The molecule has 0 spiro atoms. The van der Waals surface area contributed by atoms with Crippen molar-refractivity contribution in [1.82, 2.24) is 10.3 Å². The second-order valence-corrected chi connectivity index (χ2v) is 5.70. The Kier molecular flexibility index (Phi) is 5.35. The summed E-state index contributed by atoms with van der Waals surface area (Å²) in [6.45, 7) is 5.88. The lowest BCUT2D eigenvalue weighted by Gasteiger charge is -2.24. The zero-order chi connectivity index (χ0) is 14.5. The van der Waals surface area contributed by atoms with E-state index in [1.807, 2.05) is 20.8 Å². The zero-order valence-electron chi connectivity index (χ0n) is 11.3. The van der Waals surface area contributed by atoms with E-state index in [1.165, 1.54) is 12.3 Å². The molecule has 1 amide bonds. The van der Waals surface area contributed by atoms with E-state index >= 15 is 0 Å². The van der Waals surface area contributed by atoms with Gasteiger partial charge in [0.25, 0.3) is 0 Å². The van der Waals surface area contributed by atoms with Crippen molar-refractivity contribution in [3.8, 4) is 0 Å². The monoisotopic (exact) mass is 282 g/mol. The average molecular weight is 282 g/mol. The summed E-state index contributed by atoms with van der Waals surface area (Å²) in [5.74, 6) is -1.01. The molecular weight excluding hydrogens is 264 g/mol. The summed E-state index contributed by atoms with van der Waals surface area (Å²) < 4.78 is 0. The average Bonchev–Trinajstić information content (AvgIpc) is 2.36. The van der Waals surface area contributed by atoms with Gasteiger partial charge in [0.2, 0.25) is 5.91 Å². The van der Waals surface area contributed by atoms with Gasteiger partial charge < -0.3 is 10.4 Å². The first-order valence-corrected chi connectivity index (χ1v) is 6.96. The lowest BCUT2D eigenvalue weighted by molar-refractivity contribution is -0.120. The molecule has 1 rings (SSSR count). The van der Waals surface area contributed by atoms with Gasteiger partial charge in [-0.25, -0.2) is 9.78 Å². The van der Waals surface area contributed by atoms with Gasteiger partial charge in [-0.1, -0.05) is 18.7 Å². The molecule has 0 aliphatic carbocycles. The van der Waals surface area contributed by atoms with Crippen LogP contribution < -0.4 is 5.32 Å². The third-order valence-corrected chi connectivity index (χ3v) is 3.71. The maximum Gasteiger partial charge on any atom is 0.338 e. The molecule has 1 aromatic heterocycles. The predicted molar refractivity (Wildman–Crippen MR) is 74.4 cm³/mol. The highest BCUT2D eigenvalue weighted by atomic mass is 32.2. The molecule has 104 valence electrons. The maximum absolute atomic E-state index is 11.8. The van der Waals surface area contributed by atoms with Crippen molar-refractivity contribution < 1.29 is 14.7 Å². The molecule has 0 atom stereocenters. The fraction of sp³-hybridized carbons (Fsp3) is 0.462. The molecule has 19 heavy (non-hydrogen) atoms. The van der Waals surface area contributed by atoms with E-state index in [0.29, 0.717) is 5.03 Å². The number of hydrogen-bond acceptors (Lipinski definition) is 4. The number of aromatic carboxylic acids is 1. The van der Waals surface area contributed by atoms with Crippen molar-refractivity contribution in [2.45, 2.75) is 37.8 Å². The van der Waals surface area contributed by atoms with Crippen LogP contribution in [0.15, 0.2) is 23.4 Å². The van der Waals surface area contributed by atoms with Gasteiger partial charge in [0, 0.05) is 11.7 Å². The number of hydrogen-bond donors (Lipinski definition) is 2. The molecule has 2 N–H and O–H groups in total. The summed E-state index contributed by atoms with van der Waals surface area (Å²) >= 11 is 1.13. The third-order valence-electron chi connectivity index (χ3n) is 2.70. The van der Waals surface area contributed by atoms with Crippen molar-refractivity contribution in [2.75, 3.05) is 5.75 Å². The van der Waals surface area contributed by atoms with Gasteiger partial charge in [0.15, 0.2) is 0 Å². The molecule has 1 aromatic rings. The molecular formula is C13H18N2O3S. The molecule has 6 heteroatoms. The minimum atomic E-state index is -1.04. The topological polar surface area (TPSA) is 79.3 Å². The quantitative estimate of drug-likeness (QED) is 0.782. The van der Waals surface area contributed by atoms with Gasteiger partial charge >= 0.3 is 5.97 Å². The summed E-state index contributed by atoms with van der Waals surface area (Å²) in [6, 6.07) is 3.04. The molecule has 1 heterocycles. The molecule has 0 saturated carbocycles. The normalized spacial score (nSPS) is 11.1. The number of nitrogens with zero attached hydrogens (tertiary/aromatic N) is 1. The van der Waals surface area contributed by atoms with E-state index < -0.39 is 5.97 Å². The summed E-state index contributed by atoms with van der Waals surface area (Å²) in [6.07, 6.45) is 2.34. The van der Waals surface area contributed by atoms with E-state index in [-0.39, 0.29) is 22.8 Å². The van der Waals surface area contributed by atoms with Crippen LogP contribution in [0.3, 0.4) is 0 Å². The molecule has 0 radical (unpaired) electrons. The smallest absolute Gasteiger partial charge is 0.338 e. The molecule has 0 bridgehead atoms. The fourth-order valence-electron chi connectivity index (χ4n) is 1.30. The molecule has 0 aliphatic rings. The first-order chi connectivity index (χ1) is 8.85. The van der Waals surface area contributed by atoms with Crippen molar-refractivity contribution in [1.29, 1.82) is 0 Å². The van der Waals surface area contributed by atoms with Crippen LogP contribution in [0.25, 0.3) is 0 Å². The number of carbonyl (C=O) groups excluding carboxylic acids is 1. The lowest BCUT2D eigenvalue weighted by atomic mass is 10.0. The van der Waals surface area contributed by atoms with Crippen molar-refractivity contribution in [2.24, 2.45) is 0 Å². The molecule has 0 saturated heterocycles. The Balaban J connectivity index is 2.63. The Hall–Kier alpha value is -1.56. The fourth-order valence-corrected chi connectivity index (χ4v) is 2.09. The maximum atomic E-state index is 11.8. The van der Waals surface area contributed by atoms with Gasteiger partial charge in [-0.3, -0.25) is 4.79 Å². The predicted octanol–water partition coefficient (Wildman–Crippen LogP) is 2.18. The molecule has 0 aliphatic heterocycles. The summed E-state index contributed by atoms with van der Waals surface area (Å²) in [5, 5.41) is 12.3. The highest BCUT2D eigenvalue weighted by Gasteiger charge is 2.19. The van der Waals surface area contributed by atoms with Crippen LogP contribution in [0.1, 0.15) is 37.6 Å². The number of amides is 1. The van der Waals surface area contributed by atoms with Crippen LogP contribution in [0, 0.1) is 0 Å². The number of carboxylic acid groups (broad SMARTS) is 1. The number of carbonyl (C=O) groups is 2. The van der Waals surface area contributed by atoms with Gasteiger partial charge in [0.1, 0.15) is 5.03 Å². The molecule has 0 unspecified atom stereocenters. The van der Waals surface area contributed by atoms with Crippen LogP contribution in [0.5, 0.6) is 0 Å². The Labute approximate surface area is 116 Å². The standard InChI is InChI=1S/C13H18N2O3S/c1-4-13(2,3)15-10(16)8-19-11-9(12(17)18)6-5-7-14-11/h5-7H,4,8H2,1-3H3,(H,15,16)(H,17,18). The van der Waals surface area contributed by atoms with Crippen LogP contribution in [0.4, 0.5) is 0 Å². The molecule has 0 aromatic carbocycles. The third kappa shape index (κ3) is 4.90. The molecule has 0 fully saturated rings. The highest BCUT2D eigenvalue weighted by Crippen LogP contribution is 2.20. The number of thioether (sulfide) groups is 1. The van der Waals surface area contributed by atoms with Crippen LogP contribution in [-0.4, -0.2) is 33.3 Å². The van der Waals surface area contributed by atoms with E-state index in [4.69, 9.17) is 5.11 Å². The number of nitrogens with one attached hydrogen (secondary N) is 1. The first-order valence-electron chi connectivity index (χ1n) is 5.98. The first kappa shape index (κ1) is 15.5. The van der Waals surface area contributed by atoms with Crippen molar-refractivity contribution in [3.63, 3.8) is 0 Å². The number of aromatic nitrogens is 1. The number of carboxylic acids is 1. The highest BCUT2D eigenvalue weighted by molar-refractivity contribution is 8.00. The van der Waals surface area contributed by atoms with Gasteiger partial charge in [-0.2, -0.15) is 0 Å². The van der Waals surface area contributed by atoms with E-state index in [0.717, 1.165) is 18.2 Å². The Bertz CT molecular complexity index is 475. The van der Waals surface area contributed by atoms with Crippen molar-refractivity contribution >= 4 is 23.6 Å². The minimum Gasteiger partial charge on any atom is -0.478 e. The van der Waals surface area contributed by atoms with Crippen molar-refractivity contribution in [3.05, 3.63) is 23.9 Å². The van der Waals surface area contributed by atoms with Crippen LogP contribution in [0.2, 0.25) is 0 Å². The summed E-state index contributed by atoms with van der Waals surface area (Å²) in [5.41, 5.74) is -0.132. The number of pyridine rings is 1. The lowest BCUT2D eigenvalue weighted by Crippen LogP contribution is -2.43. The van der Waals surface area contributed by atoms with E-state index in [9.17, 15) is 9.59 Å². The van der Waals surface area contributed by atoms with Crippen LogP contribution >= 0.6 is 11.8 Å². The zero-order valence-corrected chi connectivity index (χ0v) is 12.1. The van der Waals surface area contributed by atoms with Crippen LogP contribution in [-0.2, 0) is 4.79 Å². The van der Waals surface area contributed by atoms with Gasteiger partial charge in [-0.15, -0.1) is 0 Å². The SMILES string of the molecule is CCC(C)(C)NC(=O)CSc1ncccc1C(=O)O. The second kappa shape index (κ2) is 6.56. The summed E-state index contributed by atoms with van der Waals surface area (Å²) in [7, 11) is 0. The number of rotatable bonds is 6. The Morgan fingerprint density at radius 2 is 2.16 bits per heavy atom. The largest absolute Gasteiger partial charge is 0.478 e. The minimum absolute atomic E-state index is 0.120. The van der Waals surface area contributed by atoms with Gasteiger partial charge in [-0.05, 0) is 32.4 Å². The summed E-state index contributed by atoms with van der Waals surface area (Å²) in [4.78, 5) is 26.7. The van der Waals surface area contributed by atoms with Gasteiger partial charge in [0.05, 0.1) is 11.3 Å². The Morgan fingerprint density at radius 1 is 1.47 bits per heavy atom. The van der Waals surface area contributed by atoms with E-state index in [2.05, 4.69) is 10.3 Å². The van der Waals surface area contributed by atoms with E-state index in [1.54, 1.807) is 6.07 Å². The second-order valence-electron chi connectivity index (χ2n) is 4.74.